The molecule has 0 radical (unpaired) electrons. The maximum absolute atomic E-state index is 5.81. The van der Waals surface area contributed by atoms with Crippen LogP contribution in [0.3, 0.4) is 0 Å². The molecular formula is C8H14BrCl. The van der Waals surface area contributed by atoms with E-state index < -0.39 is 0 Å². The Bertz CT molecular complexity index is 83.3. The highest BCUT2D eigenvalue weighted by atomic mass is 79.9. The molecule has 0 saturated heterocycles. The monoisotopic (exact) mass is 224 g/mol. The number of hydrogen-bond acceptors (Lipinski definition) is 0. The maximum atomic E-state index is 5.81. The van der Waals surface area contributed by atoms with E-state index in [-0.39, 0.29) is 5.38 Å². The number of unbranched alkanes of at least 4 members (excludes halogenated alkanes) is 2. The molecule has 2 heteroatoms. The smallest absolute Gasteiger partial charge is 0.0513 e. The summed E-state index contributed by atoms with van der Waals surface area (Å²) in [7, 11) is 0. The van der Waals surface area contributed by atoms with Gasteiger partial charge in [-0.15, -0.1) is 18.2 Å². The third-order valence-corrected chi connectivity index (χ3v) is 2.33. The second-order valence-corrected chi connectivity index (χ2v) is 3.64. The minimum absolute atomic E-state index is 0.176. The van der Waals surface area contributed by atoms with Crippen molar-refractivity contribution in [1.29, 1.82) is 0 Å². The van der Waals surface area contributed by atoms with Gasteiger partial charge in [0.15, 0.2) is 0 Å². The average Bonchev–Trinajstić information content (AvgIpc) is 1.98. The topological polar surface area (TPSA) is 0 Å². The second kappa shape index (κ2) is 7.62. The Morgan fingerprint density at radius 2 is 2.10 bits per heavy atom. The molecule has 0 N–H and O–H groups in total. The number of rotatable bonds is 6. The molecule has 0 aromatic heterocycles. The van der Waals surface area contributed by atoms with Crippen molar-refractivity contribution in [3.05, 3.63) is 12.7 Å². The van der Waals surface area contributed by atoms with E-state index in [4.69, 9.17) is 11.6 Å². The minimum atomic E-state index is 0.176. The van der Waals surface area contributed by atoms with Gasteiger partial charge in [0.2, 0.25) is 0 Å². The largest absolute Gasteiger partial charge is 0.118 e. The molecule has 0 bridgehead atoms. The molecule has 0 saturated carbocycles. The van der Waals surface area contributed by atoms with Crippen LogP contribution in [-0.2, 0) is 0 Å². The van der Waals surface area contributed by atoms with E-state index in [2.05, 4.69) is 22.5 Å². The summed E-state index contributed by atoms with van der Waals surface area (Å²) in [4.78, 5) is 0. The molecule has 0 aliphatic rings. The van der Waals surface area contributed by atoms with Crippen LogP contribution < -0.4 is 0 Å². The molecule has 0 nitrogen and oxygen atoms in total. The first kappa shape index (κ1) is 10.5. The summed E-state index contributed by atoms with van der Waals surface area (Å²) in [6.07, 6.45) is 6.60. The van der Waals surface area contributed by atoms with Crippen LogP contribution in [-0.4, -0.2) is 10.7 Å². The van der Waals surface area contributed by atoms with E-state index >= 15 is 0 Å². The lowest BCUT2D eigenvalue weighted by molar-refractivity contribution is 0.683. The second-order valence-electron chi connectivity index (χ2n) is 2.29. The van der Waals surface area contributed by atoms with Gasteiger partial charge in [0.25, 0.3) is 0 Å². The fourth-order valence-electron chi connectivity index (χ4n) is 0.728. The Labute approximate surface area is 76.8 Å². The number of alkyl halides is 2. The molecule has 0 amide bonds. The molecule has 0 rings (SSSR count). The molecular weight excluding hydrogens is 211 g/mol. The van der Waals surface area contributed by atoms with Gasteiger partial charge in [0.1, 0.15) is 0 Å². The molecule has 1 atom stereocenters. The zero-order chi connectivity index (χ0) is 7.82. The van der Waals surface area contributed by atoms with Crippen molar-refractivity contribution < 1.29 is 0 Å². The van der Waals surface area contributed by atoms with Crippen molar-refractivity contribution in [1.82, 2.24) is 0 Å². The Kier molecular flexibility index (Phi) is 8.00. The first-order valence-corrected chi connectivity index (χ1v) is 5.19. The molecule has 0 aromatic rings. The average molecular weight is 226 g/mol. The zero-order valence-electron chi connectivity index (χ0n) is 6.15. The van der Waals surface area contributed by atoms with Crippen LogP contribution in [0.15, 0.2) is 12.7 Å². The molecule has 0 heterocycles. The number of allylic oxidation sites excluding steroid dienone is 1. The molecule has 0 spiro atoms. The van der Waals surface area contributed by atoms with Crippen molar-refractivity contribution in [2.45, 2.75) is 31.1 Å². The maximum Gasteiger partial charge on any atom is 0.0513 e. The van der Waals surface area contributed by atoms with Crippen molar-refractivity contribution >= 4 is 27.5 Å². The zero-order valence-corrected chi connectivity index (χ0v) is 8.50. The SMILES string of the molecule is C=CC(Cl)CCCCCBr. The lowest BCUT2D eigenvalue weighted by Crippen LogP contribution is -1.91. The fourth-order valence-corrected chi connectivity index (χ4v) is 1.28. The lowest BCUT2D eigenvalue weighted by Gasteiger charge is -2.01. The molecule has 60 valence electrons. The van der Waals surface area contributed by atoms with Gasteiger partial charge < -0.3 is 0 Å². The predicted molar refractivity (Wildman–Crippen MR) is 52.1 cm³/mol. The third-order valence-electron chi connectivity index (χ3n) is 1.37. The van der Waals surface area contributed by atoms with Gasteiger partial charge in [0, 0.05) is 5.33 Å². The van der Waals surface area contributed by atoms with E-state index in [1.54, 1.807) is 6.08 Å². The molecule has 0 fully saturated rings. The van der Waals surface area contributed by atoms with Crippen LogP contribution in [0.5, 0.6) is 0 Å². The van der Waals surface area contributed by atoms with Gasteiger partial charge >= 0.3 is 0 Å². The first-order chi connectivity index (χ1) is 4.81. The van der Waals surface area contributed by atoms with Crippen molar-refractivity contribution in [3.8, 4) is 0 Å². The summed E-state index contributed by atoms with van der Waals surface area (Å²) in [5.74, 6) is 0. The summed E-state index contributed by atoms with van der Waals surface area (Å²) in [5, 5.41) is 1.28. The number of hydrogen-bond donors (Lipinski definition) is 0. The molecule has 0 aromatic carbocycles. The Morgan fingerprint density at radius 1 is 1.40 bits per heavy atom. The van der Waals surface area contributed by atoms with Gasteiger partial charge in [-0.1, -0.05) is 34.8 Å². The van der Waals surface area contributed by atoms with E-state index in [0.717, 1.165) is 11.8 Å². The van der Waals surface area contributed by atoms with Gasteiger partial charge in [-0.25, -0.2) is 0 Å². The van der Waals surface area contributed by atoms with E-state index in [0.29, 0.717) is 0 Å². The van der Waals surface area contributed by atoms with Crippen molar-refractivity contribution in [3.63, 3.8) is 0 Å². The van der Waals surface area contributed by atoms with Gasteiger partial charge in [-0.2, -0.15) is 0 Å². The summed E-state index contributed by atoms with van der Waals surface area (Å²) in [6, 6.07) is 0. The number of halogens is 2. The van der Waals surface area contributed by atoms with E-state index in [9.17, 15) is 0 Å². The Balaban J connectivity index is 2.95. The van der Waals surface area contributed by atoms with Gasteiger partial charge in [0.05, 0.1) is 5.38 Å². The van der Waals surface area contributed by atoms with Crippen molar-refractivity contribution in [2.24, 2.45) is 0 Å². The lowest BCUT2D eigenvalue weighted by atomic mass is 10.1. The Morgan fingerprint density at radius 3 is 2.60 bits per heavy atom. The molecule has 1 unspecified atom stereocenters. The van der Waals surface area contributed by atoms with Crippen LogP contribution in [0, 0.1) is 0 Å². The van der Waals surface area contributed by atoms with Crippen LogP contribution in [0.4, 0.5) is 0 Å². The highest BCUT2D eigenvalue weighted by Gasteiger charge is 1.96. The summed E-state index contributed by atoms with van der Waals surface area (Å²) < 4.78 is 0. The van der Waals surface area contributed by atoms with Crippen LogP contribution in [0.1, 0.15) is 25.7 Å². The van der Waals surface area contributed by atoms with Gasteiger partial charge in [-0.3, -0.25) is 0 Å². The normalized spacial score (nSPS) is 13.0. The minimum Gasteiger partial charge on any atom is -0.118 e. The Hall–Kier alpha value is 0.510. The molecule has 0 aliphatic heterocycles. The van der Waals surface area contributed by atoms with Crippen LogP contribution in [0.2, 0.25) is 0 Å². The summed E-state index contributed by atoms with van der Waals surface area (Å²) >= 11 is 9.19. The van der Waals surface area contributed by atoms with Crippen LogP contribution in [0.25, 0.3) is 0 Å². The molecule has 0 aliphatic carbocycles. The van der Waals surface area contributed by atoms with Crippen LogP contribution >= 0.6 is 27.5 Å². The van der Waals surface area contributed by atoms with Gasteiger partial charge in [-0.05, 0) is 12.8 Å². The summed E-state index contributed by atoms with van der Waals surface area (Å²) in [6.45, 7) is 3.62. The van der Waals surface area contributed by atoms with E-state index in [1.807, 2.05) is 0 Å². The summed E-state index contributed by atoms with van der Waals surface area (Å²) in [5.41, 5.74) is 0. The quantitative estimate of drug-likeness (QED) is 0.367. The standard InChI is InChI=1S/C8H14BrCl/c1-2-8(10)6-4-3-5-7-9/h2,8H,1,3-7H2. The van der Waals surface area contributed by atoms with Crippen molar-refractivity contribution in [2.75, 3.05) is 5.33 Å². The van der Waals surface area contributed by atoms with E-state index in [1.165, 1.54) is 19.3 Å². The third kappa shape index (κ3) is 6.63. The fraction of sp³-hybridized carbons (Fsp3) is 0.750. The predicted octanol–water partition coefficient (Wildman–Crippen LogP) is 3.74. The highest BCUT2D eigenvalue weighted by molar-refractivity contribution is 9.09. The highest BCUT2D eigenvalue weighted by Crippen LogP contribution is 2.09. The molecule has 10 heavy (non-hydrogen) atoms. The first-order valence-electron chi connectivity index (χ1n) is 3.64.